The van der Waals surface area contributed by atoms with Crippen LogP contribution in [0, 0.1) is 5.92 Å². The lowest BCUT2D eigenvalue weighted by Gasteiger charge is -2.33. The molecule has 0 amide bonds. The smallest absolute Gasteiger partial charge is 0.141 e. The number of likely N-dealkylation sites (tertiary alicyclic amines) is 1. The molecule has 2 aromatic heterocycles. The van der Waals surface area contributed by atoms with Gasteiger partial charge in [0.15, 0.2) is 0 Å². The maximum absolute atomic E-state index is 6.51. The van der Waals surface area contributed by atoms with Crippen molar-refractivity contribution in [2.75, 3.05) is 13.1 Å². The Labute approximate surface area is 141 Å². The summed E-state index contributed by atoms with van der Waals surface area (Å²) in [5, 5.41) is 3.23. The van der Waals surface area contributed by atoms with Crippen molar-refractivity contribution in [1.82, 2.24) is 20.2 Å². The van der Waals surface area contributed by atoms with Crippen LogP contribution in [0.2, 0.25) is 0 Å². The van der Waals surface area contributed by atoms with E-state index in [9.17, 15) is 0 Å². The number of aliphatic imine (C=N–C) groups is 1. The Bertz CT molecular complexity index is 753. The van der Waals surface area contributed by atoms with Gasteiger partial charge in [-0.25, -0.2) is 4.99 Å². The van der Waals surface area contributed by atoms with Gasteiger partial charge in [-0.3, -0.25) is 9.88 Å². The highest BCUT2D eigenvalue weighted by molar-refractivity contribution is 5.87. The Morgan fingerprint density at radius 1 is 1.21 bits per heavy atom. The molecule has 24 heavy (non-hydrogen) atoms. The quantitative estimate of drug-likeness (QED) is 0.809. The van der Waals surface area contributed by atoms with Gasteiger partial charge in [0.05, 0.1) is 12.0 Å². The van der Waals surface area contributed by atoms with Gasteiger partial charge in [0.2, 0.25) is 0 Å². The summed E-state index contributed by atoms with van der Waals surface area (Å²) in [7, 11) is 0. The number of hydrogen-bond donors (Lipinski definition) is 3. The average molecular weight is 322 g/mol. The summed E-state index contributed by atoms with van der Waals surface area (Å²) in [5.41, 5.74) is 10.8. The van der Waals surface area contributed by atoms with Crippen molar-refractivity contribution in [1.29, 1.82) is 0 Å². The van der Waals surface area contributed by atoms with E-state index in [1.165, 1.54) is 5.56 Å². The molecule has 0 unspecified atom stereocenters. The molecule has 0 atom stereocenters. The lowest BCUT2D eigenvalue weighted by atomic mass is 9.91. The first kappa shape index (κ1) is 15.0. The predicted octanol–water partition coefficient (Wildman–Crippen LogP) is 2.21. The number of rotatable bonds is 3. The van der Waals surface area contributed by atoms with Crippen LogP contribution in [0.5, 0.6) is 0 Å². The molecule has 2 aliphatic rings. The minimum Gasteiger partial charge on any atom is -0.400 e. The number of piperidine rings is 1. The monoisotopic (exact) mass is 322 g/mol. The molecule has 0 aliphatic carbocycles. The summed E-state index contributed by atoms with van der Waals surface area (Å²) in [6.07, 6.45) is 9.49. The summed E-state index contributed by atoms with van der Waals surface area (Å²) in [6, 6.07) is 6.20. The van der Waals surface area contributed by atoms with Crippen LogP contribution >= 0.6 is 0 Å². The van der Waals surface area contributed by atoms with Gasteiger partial charge in [0.25, 0.3) is 0 Å². The van der Waals surface area contributed by atoms with E-state index in [0.29, 0.717) is 5.92 Å². The molecule has 0 radical (unpaired) electrons. The van der Waals surface area contributed by atoms with Crippen LogP contribution in [0.15, 0.2) is 47.5 Å². The van der Waals surface area contributed by atoms with Crippen LogP contribution in [0.25, 0.3) is 5.70 Å². The van der Waals surface area contributed by atoms with Crippen LogP contribution in [-0.4, -0.2) is 34.3 Å². The Morgan fingerprint density at radius 2 is 2.00 bits per heavy atom. The number of nitrogens with one attached hydrogen (secondary N) is 2. The molecule has 4 rings (SSSR count). The van der Waals surface area contributed by atoms with Crippen LogP contribution in [0.3, 0.4) is 0 Å². The predicted molar refractivity (Wildman–Crippen MR) is 95.4 cm³/mol. The zero-order valence-electron chi connectivity index (χ0n) is 13.6. The van der Waals surface area contributed by atoms with Gasteiger partial charge in [0.1, 0.15) is 5.82 Å². The van der Waals surface area contributed by atoms with Gasteiger partial charge in [0, 0.05) is 42.3 Å². The van der Waals surface area contributed by atoms with Crippen molar-refractivity contribution in [2.24, 2.45) is 16.6 Å². The number of pyridine rings is 1. The molecule has 0 bridgehead atoms. The molecule has 6 nitrogen and oxygen atoms in total. The summed E-state index contributed by atoms with van der Waals surface area (Å²) in [5.74, 6) is 1.29. The third-order valence-corrected chi connectivity index (χ3v) is 4.87. The SMILES string of the molecule is N/C(=C1\NC=Nc2[nH]ccc21)C1CCN(Cc2ccncc2)CC1. The zero-order valence-corrected chi connectivity index (χ0v) is 13.6. The number of nitrogens with zero attached hydrogens (tertiary/aromatic N) is 3. The summed E-state index contributed by atoms with van der Waals surface area (Å²) in [4.78, 5) is 14.0. The van der Waals surface area contributed by atoms with Crippen molar-refractivity contribution < 1.29 is 0 Å². The molecular weight excluding hydrogens is 300 g/mol. The molecule has 0 saturated carbocycles. The van der Waals surface area contributed by atoms with E-state index in [0.717, 1.165) is 55.3 Å². The number of fused-ring (bicyclic) bond motifs is 1. The van der Waals surface area contributed by atoms with Gasteiger partial charge >= 0.3 is 0 Å². The fourth-order valence-corrected chi connectivity index (χ4v) is 3.50. The van der Waals surface area contributed by atoms with Crippen molar-refractivity contribution in [3.8, 4) is 0 Å². The summed E-state index contributed by atoms with van der Waals surface area (Å²) >= 11 is 0. The van der Waals surface area contributed by atoms with E-state index < -0.39 is 0 Å². The number of hydrogen-bond acceptors (Lipinski definition) is 5. The zero-order chi connectivity index (χ0) is 16.4. The van der Waals surface area contributed by atoms with E-state index in [1.807, 2.05) is 24.7 Å². The maximum Gasteiger partial charge on any atom is 0.141 e. The summed E-state index contributed by atoms with van der Waals surface area (Å²) < 4.78 is 0. The van der Waals surface area contributed by atoms with Crippen molar-refractivity contribution in [2.45, 2.75) is 19.4 Å². The van der Waals surface area contributed by atoms with Crippen molar-refractivity contribution in [3.63, 3.8) is 0 Å². The van der Waals surface area contributed by atoms with E-state index in [1.54, 1.807) is 6.34 Å². The Balaban J connectivity index is 1.43. The largest absolute Gasteiger partial charge is 0.400 e. The van der Waals surface area contributed by atoms with E-state index in [2.05, 4.69) is 37.3 Å². The van der Waals surface area contributed by atoms with Gasteiger partial charge in [-0.05, 0) is 49.7 Å². The molecule has 124 valence electrons. The third kappa shape index (κ3) is 2.92. The van der Waals surface area contributed by atoms with Gasteiger partial charge in [-0.2, -0.15) is 0 Å². The molecular formula is C18H22N6. The first-order valence-corrected chi connectivity index (χ1v) is 8.39. The lowest BCUT2D eigenvalue weighted by molar-refractivity contribution is 0.191. The molecule has 2 aliphatic heterocycles. The molecule has 6 heteroatoms. The Morgan fingerprint density at radius 3 is 2.79 bits per heavy atom. The number of aromatic nitrogens is 2. The number of H-pyrrole nitrogens is 1. The minimum atomic E-state index is 0.412. The molecule has 4 N–H and O–H groups in total. The highest BCUT2D eigenvalue weighted by atomic mass is 15.1. The van der Waals surface area contributed by atoms with Gasteiger partial charge in [-0.1, -0.05) is 0 Å². The van der Waals surface area contributed by atoms with Gasteiger partial charge < -0.3 is 16.0 Å². The molecule has 0 spiro atoms. The number of aromatic amines is 1. The highest BCUT2D eigenvalue weighted by Crippen LogP contribution is 2.32. The normalized spacial score (nSPS) is 20.5. The average Bonchev–Trinajstić information content (AvgIpc) is 3.11. The van der Waals surface area contributed by atoms with E-state index in [-0.39, 0.29) is 0 Å². The standard InChI is InChI=1S/C18H22N6/c19-16(17-15-3-8-21-18(15)23-12-22-17)14-4-9-24(10-5-14)11-13-1-6-20-7-2-13/h1-3,6-8,12,14,21H,4-5,9-11,19H2,(H,22,23)/b17-16-. The first-order chi connectivity index (χ1) is 11.8. The first-order valence-electron chi connectivity index (χ1n) is 8.39. The second-order valence-corrected chi connectivity index (χ2v) is 6.38. The second kappa shape index (κ2) is 6.49. The molecule has 1 fully saturated rings. The van der Waals surface area contributed by atoms with Crippen LogP contribution in [0.4, 0.5) is 5.82 Å². The van der Waals surface area contributed by atoms with Crippen LogP contribution in [-0.2, 0) is 6.54 Å². The van der Waals surface area contributed by atoms with Crippen molar-refractivity contribution >= 4 is 17.9 Å². The van der Waals surface area contributed by atoms with E-state index in [4.69, 9.17) is 5.73 Å². The molecule has 2 aromatic rings. The second-order valence-electron chi connectivity index (χ2n) is 6.38. The van der Waals surface area contributed by atoms with Crippen LogP contribution < -0.4 is 11.1 Å². The molecule has 1 saturated heterocycles. The van der Waals surface area contributed by atoms with Crippen molar-refractivity contribution in [3.05, 3.63) is 53.6 Å². The van der Waals surface area contributed by atoms with E-state index >= 15 is 0 Å². The lowest BCUT2D eigenvalue weighted by Crippen LogP contribution is -2.36. The fourth-order valence-electron chi connectivity index (χ4n) is 3.50. The highest BCUT2D eigenvalue weighted by Gasteiger charge is 2.25. The molecule has 0 aromatic carbocycles. The maximum atomic E-state index is 6.51. The summed E-state index contributed by atoms with van der Waals surface area (Å²) in [6.45, 7) is 3.11. The third-order valence-electron chi connectivity index (χ3n) is 4.87. The fraction of sp³-hybridized carbons (Fsp3) is 0.333. The van der Waals surface area contributed by atoms with Crippen LogP contribution in [0.1, 0.15) is 24.0 Å². The Kier molecular flexibility index (Phi) is 4.04. The molecule has 4 heterocycles. The minimum absolute atomic E-state index is 0.412. The Hall–Kier alpha value is -2.60. The number of allylic oxidation sites excluding steroid dienone is 1. The van der Waals surface area contributed by atoms with Gasteiger partial charge in [-0.15, -0.1) is 0 Å². The topological polar surface area (TPSA) is 82.3 Å². The number of nitrogens with two attached hydrogens (primary N) is 1.